The molecule has 0 aromatic heterocycles. The highest BCUT2D eigenvalue weighted by Crippen LogP contribution is 2.26. The van der Waals surface area contributed by atoms with Crippen LogP contribution in [0.15, 0.2) is 0 Å². The molecule has 1 unspecified atom stereocenters. The fourth-order valence-corrected chi connectivity index (χ4v) is 5.83. The first-order valence-electron chi connectivity index (χ1n) is 7.55. The van der Waals surface area contributed by atoms with Crippen LogP contribution in [0, 0.1) is 0 Å². The zero-order chi connectivity index (χ0) is 20.2. The Labute approximate surface area is 152 Å². The molecular formula is C12H25O12S2+. The summed E-state index contributed by atoms with van der Waals surface area (Å²) >= 11 is 0. The van der Waals surface area contributed by atoms with Gasteiger partial charge in [0.15, 0.2) is 5.25 Å². The molecule has 0 spiro atoms. The van der Waals surface area contributed by atoms with Crippen molar-refractivity contribution in [2.45, 2.75) is 48.0 Å². The van der Waals surface area contributed by atoms with Crippen LogP contribution in [-0.2, 0) is 25.5 Å². The van der Waals surface area contributed by atoms with Crippen LogP contribution in [0.3, 0.4) is 0 Å². The molecule has 14 heteroatoms. The van der Waals surface area contributed by atoms with Gasteiger partial charge in [-0.1, -0.05) is 0 Å². The zero-order valence-electron chi connectivity index (χ0n) is 13.5. The van der Waals surface area contributed by atoms with E-state index >= 15 is 0 Å². The lowest BCUT2D eigenvalue weighted by atomic mass is 10.0. The molecule has 0 saturated carbocycles. The minimum Gasteiger partial charge on any atom is -0.394 e. The summed E-state index contributed by atoms with van der Waals surface area (Å²) in [6.45, 7) is -1.51. The third-order valence-corrected chi connectivity index (χ3v) is 7.32. The molecule has 0 radical (unpaired) electrons. The topological polar surface area (TPSA) is 225 Å². The molecule has 156 valence electrons. The number of hydrogen-bond donors (Lipinski definition) is 9. The van der Waals surface area contributed by atoms with Crippen molar-refractivity contribution in [2.24, 2.45) is 0 Å². The van der Waals surface area contributed by atoms with E-state index in [1.807, 2.05) is 0 Å². The highest BCUT2D eigenvalue weighted by molar-refractivity contribution is 7.97. The molecule has 1 heterocycles. The monoisotopic (exact) mass is 425 g/mol. The Kier molecular flexibility index (Phi) is 9.12. The SMILES string of the molecule is O=S(=O)(O)O[C@@H]([C@H](O)[C@H](O)[C@H](O)CO)[C@H](O)C[S+]1C[C@@H](O)[C@H](O)[C@H]1CO. The normalized spacial score (nSPS) is 32.8. The maximum absolute atomic E-state index is 11.0. The van der Waals surface area contributed by atoms with Crippen molar-refractivity contribution in [3.63, 3.8) is 0 Å². The summed E-state index contributed by atoms with van der Waals surface area (Å²) in [4.78, 5) is 0. The van der Waals surface area contributed by atoms with Crippen molar-refractivity contribution in [1.29, 1.82) is 0 Å². The van der Waals surface area contributed by atoms with Gasteiger partial charge in [0.1, 0.15) is 54.2 Å². The number of rotatable bonds is 10. The summed E-state index contributed by atoms with van der Waals surface area (Å²) in [6.07, 6.45) is -12.6. The van der Waals surface area contributed by atoms with Crippen molar-refractivity contribution in [3.05, 3.63) is 0 Å². The van der Waals surface area contributed by atoms with E-state index in [0.29, 0.717) is 0 Å². The second-order valence-electron chi connectivity index (χ2n) is 5.94. The van der Waals surface area contributed by atoms with E-state index in [9.17, 15) is 44.2 Å². The predicted molar refractivity (Wildman–Crippen MR) is 87.5 cm³/mol. The van der Waals surface area contributed by atoms with Gasteiger partial charge >= 0.3 is 10.4 Å². The maximum Gasteiger partial charge on any atom is 0.397 e. The van der Waals surface area contributed by atoms with E-state index in [2.05, 4.69) is 4.18 Å². The largest absolute Gasteiger partial charge is 0.397 e. The molecule has 0 aromatic carbocycles. The van der Waals surface area contributed by atoms with Crippen molar-refractivity contribution in [3.8, 4) is 0 Å². The second-order valence-corrected chi connectivity index (χ2v) is 9.33. The maximum atomic E-state index is 11.0. The Hall–Kier alpha value is -0.100. The van der Waals surface area contributed by atoms with E-state index in [1.54, 1.807) is 0 Å². The van der Waals surface area contributed by atoms with Gasteiger partial charge in [0.2, 0.25) is 0 Å². The quantitative estimate of drug-likeness (QED) is 0.118. The van der Waals surface area contributed by atoms with Crippen LogP contribution in [0.25, 0.3) is 0 Å². The van der Waals surface area contributed by atoms with Gasteiger partial charge in [-0.25, -0.2) is 4.18 Å². The van der Waals surface area contributed by atoms with E-state index in [4.69, 9.17) is 9.66 Å². The molecule has 0 bridgehead atoms. The first-order valence-corrected chi connectivity index (χ1v) is 10.5. The summed E-state index contributed by atoms with van der Waals surface area (Å²) in [5, 5.41) is 76.0. The lowest BCUT2D eigenvalue weighted by molar-refractivity contribution is -0.129. The fraction of sp³-hybridized carbons (Fsp3) is 1.00. The van der Waals surface area contributed by atoms with Crippen LogP contribution in [0.1, 0.15) is 0 Å². The van der Waals surface area contributed by atoms with Gasteiger partial charge in [-0.2, -0.15) is 8.42 Å². The van der Waals surface area contributed by atoms with Crippen molar-refractivity contribution >= 4 is 21.3 Å². The third-order valence-electron chi connectivity index (χ3n) is 4.03. The Bertz CT molecular complexity index is 530. The van der Waals surface area contributed by atoms with Gasteiger partial charge in [0.05, 0.1) is 13.2 Å². The molecule has 1 rings (SSSR count). The van der Waals surface area contributed by atoms with Crippen LogP contribution in [0.4, 0.5) is 0 Å². The lowest BCUT2D eigenvalue weighted by Crippen LogP contribution is -2.53. The molecule has 1 saturated heterocycles. The summed E-state index contributed by atoms with van der Waals surface area (Å²) < 4.78 is 35.0. The zero-order valence-corrected chi connectivity index (χ0v) is 15.1. The van der Waals surface area contributed by atoms with Gasteiger partial charge in [0, 0.05) is 10.9 Å². The smallest absolute Gasteiger partial charge is 0.394 e. The van der Waals surface area contributed by atoms with Gasteiger partial charge in [-0.3, -0.25) is 4.55 Å². The molecule has 1 aliphatic heterocycles. The molecule has 0 aliphatic carbocycles. The number of aliphatic hydroxyl groups is 8. The molecule has 9 atom stereocenters. The van der Waals surface area contributed by atoms with Crippen LogP contribution >= 0.6 is 0 Å². The summed E-state index contributed by atoms with van der Waals surface area (Å²) in [7, 11) is -6.18. The van der Waals surface area contributed by atoms with Crippen LogP contribution in [-0.4, -0.2) is 127 Å². The first kappa shape index (κ1) is 23.9. The Morgan fingerprint density at radius 3 is 2.08 bits per heavy atom. The molecule has 0 aromatic rings. The standard InChI is InChI=1S/C12H24O12S2/c13-1-5(15)10(19)11(20)12(24-26(21,22)23)7(17)4-25-3-6(16)9(18)8(25)2-14/h5-20H,1-4H2/p+1/t5-,6-,7-,8-,9+,10-,11-,12-,25?/m1/s1. The highest BCUT2D eigenvalue weighted by Gasteiger charge is 2.52. The van der Waals surface area contributed by atoms with Crippen molar-refractivity contribution in [2.75, 3.05) is 24.7 Å². The second kappa shape index (κ2) is 9.90. The highest BCUT2D eigenvalue weighted by atomic mass is 32.3. The lowest BCUT2D eigenvalue weighted by Gasteiger charge is -2.30. The number of hydrogen-bond acceptors (Lipinski definition) is 11. The Morgan fingerprint density at radius 1 is 1.04 bits per heavy atom. The minimum absolute atomic E-state index is 0.0139. The van der Waals surface area contributed by atoms with Crippen LogP contribution in [0.5, 0.6) is 0 Å². The van der Waals surface area contributed by atoms with Gasteiger partial charge in [-0.05, 0) is 0 Å². The van der Waals surface area contributed by atoms with Gasteiger partial charge < -0.3 is 40.9 Å². The van der Waals surface area contributed by atoms with E-state index in [1.165, 1.54) is 0 Å². The van der Waals surface area contributed by atoms with Crippen LogP contribution < -0.4 is 0 Å². The average molecular weight is 425 g/mol. The molecular weight excluding hydrogens is 400 g/mol. The molecule has 1 aliphatic rings. The molecule has 12 nitrogen and oxygen atoms in total. The Morgan fingerprint density at radius 2 is 1.62 bits per heavy atom. The summed E-state index contributed by atoms with van der Waals surface area (Å²) in [6, 6.07) is 0. The molecule has 0 amide bonds. The fourth-order valence-electron chi connectivity index (χ4n) is 2.62. The number of aliphatic hydroxyl groups excluding tert-OH is 8. The Balaban J connectivity index is 2.95. The molecule has 26 heavy (non-hydrogen) atoms. The summed E-state index contributed by atoms with van der Waals surface area (Å²) in [5.41, 5.74) is 0. The molecule has 1 fully saturated rings. The third kappa shape index (κ3) is 6.22. The average Bonchev–Trinajstić information content (AvgIpc) is 2.82. The van der Waals surface area contributed by atoms with Gasteiger partial charge in [-0.15, -0.1) is 0 Å². The predicted octanol–water partition coefficient (Wildman–Crippen LogP) is -5.68. The van der Waals surface area contributed by atoms with E-state index in [0.717, 1.165) is 0 Å². The van der Waals surface area contributed by atoms with Crippen LogP contribution in [0.2, 0.25) is 0 Å². The van der Waals surface area contributed by atoms with Gasteiger partial charge in [0.25, 0.3) is 0 Å². The first-order chi connectivity index (χ1) is 11.9. The minimum atomic E-state index is -5.17. The van der Waals surface area contributed by atoms with Crippen molar-refractivity contribution in [1.82, 2.24) is 0 Å². The molecule has 9 N–H and O–H groups in total. The van der Waals surface area contributed by atoms with Crippen molar-refractivity contribution < 1.29 is 58.0 Å². The van der Waals surface area contributed by atoms with E-state index in [-0.39, 0.29) is 11.5 Å². The van der Waals surface area contributed by atoms with E-state index < -0.39 is 82.5 Å². The summed E-state index contributed by atoms with van der Waals surface area (Å²) in [5.74, 6) is -0.363.